The summed E-state index contributed by atoms with van der Waals surface area (Å²) in [6.45, 7) is 3.83. The van der Waals surface area contributed by atoms with Crippen LogP contribution in [0.3, 0.4) is 0 Å². The topological polar surface area (TPSA) is 9.23 Å². The fourth-order valence-corrected chi connectivity index (χ4v) is 1.55. The molecule has 0 atom stereocenters. The van der Waals surface area contributed by atoms with E-state index in [1.54, 1.807) is 6.92 Å². The molecule has 3 heteroatoms. The van der Waals surface area contributed by atoms with Crippen LogP contribution in [0.2, 0.25) is 0 Å². The minimum Gasteiger partial charge on any atom is -0.494 e. The summed E-state index contributed by atoms with van der Waals surface area (Å²) < 4.78 is 18.9. The van der Waals surface area contributed by atoms with E-state index in [-0.39, 0.29) is 0 Å². The van der Waals surface area contributed by atoms with Crippen molar-refractivity contribution in [2.45, 2.75) is 13.8 Å². The van der Waals surface area contributed by atoms with Gasteiger partial charge in [0.2, 0.25) is 0 Å². The largest absolute Gasteiger partial charge is 0.494 e. The molecule has 0 aliphatic heterocycles. The van der Waals surface area contributed by atoms with Crippen molar-refractivity contribution in [2.75, 3.05) is 13.3 Å². The number of hydrogen-bond donors (Lipinski definition) is 0. The van der Waals surface area contributed by atoms with Crippen LogP contribution in [0.5, 0.6) is 5.75 Å². The summed E-state index contributed by atoms with van der Waals surface area (Å²) in [5.74, 6) is 1.43. The van der Waals surface area contributed by atoms with Gasteiger partial charge >= 0.3 is 0 Å². The molecule has 0 heterocycles. The van der Waals surface area contributed by atoms with Gasteiger partial charge < -0.3 is 4.74 Å². The Kier molecular flexibility index (Phi) is 4.39. The Morgan fingerprint density at radius 3 is 2.79 bits per heavy atom. The first-order valence-electron chi connectivity index (χ1n) is 4.50. The van der Waals surface area contributed by atoms with Crippen molar-refractivity contribution < 1.29 is 9.13 Å². The average molecular weight is 260 g/mol. The van der Waals surface area contributed by atoms with Crippen molar-refractivity contribution in [2.24, 2.45) is 0 Å². The number of benzene rings is 1. The molecule has 0 saturated carbocycles. The average Bonchev–Trinajstić information content (AvgIpc) is 2.20. The molecule has 0 fully saturated rings. The standard InChI is InChI=1S/C11H13BrFO/c1-3-14-11-5-4-9(12)6-10(11)8(2)7-13/h4-6H,3,7H2,1-2H3. The number of rotatable bonds is 4. The maximum absolute atomic E-state index is 12.5. The second-order valence-corrected chi connectivity index (χ2v) is 3.90. The van der Waals surface area contributed by atoms with E-state index in [1.165, 1.54) is 0 Å². The summed E-state index contributed by atoms with van der Waals surface area (Å²) in [4.78, 5) is 0. The molecule has 14 heavy (non-hydrogen) atoms. The van der Waals surface area contributed by atoms with Gasteiger partial charge in [0, 0.05) is 16.0 Å². The van der Waals surface area contributed by atoms with E-state index in [4.69, 9.17) is 4.74 Å². The summed E-state index contributed by atoms with van der Waals surface area (Å²) in [5, 5.41) is 0. The molecule has 0 aromatic heterocycles. The number of ether oxygens (including phenoxy) is 1. The normalized spacial score (nSPS) is 10.6. The van der Waals surface area contributed by atoms with Gasteiger partial charge in [-0.25, -0.2) is 0 Å². The van der Waals surface area contributed by atoms with Gasteiger partial charge in [-0.15, -0.1) is 0 Å². The van der Waals surface area contributed by atoms with E-state index in [2.05, 4.69) is 15.9 Å². The lowest BCUT2D eigenvalue weighted by atomic mass is 10.0. The first kappa shape index (κ1) is 11.5. The number of halogens is 2. The third kappa shape index (κ3) is 2.71. The molecule has 0 saturated heterocycles. The molecule has 0 unspecified atom stereocenters. The molecule has 1 rings (SSSR count). The van der Waals surface area contributed by atoms with Crippen molar-refractivity contribution in [3.8, 4) is 5.75 Å². The highest BCUT2D eigenvalue weighted by atomic mass is 79.9. The lowest BCUT2D eigenvalue weighted by Crippen LogP contribution is -2.02. The summed E-state index contributed by atoms with van der Waals surface area (Å²) >= 11 is 3.35. The Bertz CT molecular complexity index is 301. The number of hydrogen-bond acceptors (Lipinski definition) is 1. The molecule has 77 valence electrons. The quantitative estimate of drug-likeness (QED) is 0.800. The zero-order valence-electron chi connectivity index (χ0n) is 8.31. The lowest BCUT2D eigenvalue weighted by molar-refractivity contribution is 0.336. The minimum atomic E-state index is -0.448. The summed E-state index contributed by atoms with van der Waals surface area (Å²) in [6.07, 6.45) is 0. The first-order chi connectivity index (χ1) is 6.69. The Labute approximate surface area is 92.4 Å². The highest BCUT2D eigenvalue weighted by Crippen LogP contribution is 2.29. The second-order valence-electron chi connectivity index (χ2n) is 2.99. The fourth-order valence-electron chi connectivity index (χ4n) is 1.19. The Balaban J connectivity index is 3.02. The molecule has 0 amide bonds. The second kappa shape index (κ2) is 5.35. The van der Waals surface area contributed by atoms with E-state index >= 15 is 0 Å². The van der Waals surface area contributed by atoms with Crippen LogP contribution in [-0.2, 0) is 0 Å². The van der Waals surface area contributed by atoms with Gasteiger partial charge in [-0.1, -0.05) is 22.9 Å². The molecular formula is C11H13BrFO. The van der Waals surface area contributed by atoms with Gasteiger partial charge in [-0.3, -0.25) is 4.39 Å². The van der Waals surface area contributed by atoms with Gasteiger partial charge in [-0.2, -0.15) is 0 Å². The molecule has 1 radical (unpaired) electrons. The molecule has 0 aliphatic rings. The Morgan fingerprint density at radius 1 is 1.50 bits per heavy atom. The molecule has 0 spiro atoms. The molecule has 1 nitrogen and oxygen atoms in total. The predicted molar refractivity (Wildman–Crippen MR) is 59.3 cm³/mol. The van der Waals surface area contributed by atoms with Crippen LogP contribution in [0.15, 0.2) is 22.7 Å². The molecule has 0 aliphatic carbocycles. The molecular weight excluding hydrogens is 247 g/mol. The maximum atomic E-state index is 12.5. The molecule has 0 bridgehead atoms. The summed E-state index contributed by atoms with van der Waals surface area (Å²) in [5.41, 5.74) is 0.837. The van der Waals surface area contributed by atoms with Gasteiger partial charge in [0.1, 0.15) is 5.75 Å². The SMILES string of the molecule is CCOc1ccc(Br)cc1[C](C)CF. The van der Waals surface area contributed by atoms with Gasteiger partial charge in [0.05, 0.1) is 13.3 Å². The third-order valence-corrected chi connectivity index (χ3v) is 2.39. The van der Waals surface area contributed by atoms with E-state index in [9.17, 15) is 4.39 Å². The lowest BCUT2D eigenvalue weighted by Gasteiger charge is -2.13. The van der Waals surface area contributed by atoms with Crippen LogP contribution in [0.1, 0.15) is 19.4 Å². The van der Waals surface area contributed by atoms with Crippen molar-refractivity contribution in [3.05, 3.63) is 34.2 Å². The molecule has 0 N–H and O–H groups in total. The van der Waals surface area contributed by atoms with Crippen LogP contribution < -0.4 is 4.74 Å². The van der Waals surface area contributed by atoms with Gasteiger partial charge in [0.15, 0.2) is 0 Å². The van der Waals surface area contributed by atoms with E-state index in [1.807, 2.05) is 25.1 Å². The minimum absolute atomic E-state index is 0.448. The van der Waals surface area contributed by atoms with E-state index < -0.39 is 6.67 Å². The van der Waals surface area contributed by atoms with Crippen molar-refractivity contribution in [1.29, 1.82) is 0 Å². The molecule has 1 aromatic rings. The van der Waals surface area contributed by atoms with Gasteiger partial charge in [0.25, 0.3) is 0 Å². The van der Waals surface area contributed by atoms with Crippen LogP contribution in [0, 0.1) is 5.92 Å². The van der Waals surface area contributed by atoms with Crippen molar-refractivity contribution >= 4 is 15.9 Å². The monoisotopic (exact) mass is 259 g/mol. The van der Waals surface area contributed by atoms with Crippen LogP contribution >= 0.6 is 15.9 Å². The van der Waals surface area contributed by atoms with Gasteiger partial charge in [-0.05, 0) is 25.1 Å². The molecule has 1 aromatic carbocycles. The fraction of sp³-hybridized carbons (Fsp3) is 0.364. The zero-order valence-corrected chi connectivity index (χ0v) is 9.90. The van der Waals surface area contributed by atoms with Crippen molar-refractivity contribution in [3.63, 3.8) is 0 Å². The highest BCUT2D eigenvalue weighted by Gasteiger charge is 2.12. The first-order valence-corrected chi connectivity index (χ1v) is 5.29. The van der Waals surface area contributed by atoms with E-state index in [0.29, 0.717) is 12.5 Å². The maximum Gasteiger partial charge on any atom is 0.123 e. The third-order valence-electron chi connectivity index (χ3n) is 1.90. The Morgan fingerprint density at radius 2 is 2.21 bits per heavy atom. The van der Waals surface area contributed by atoms with Crippen LogP contribution in [0.4, 0.5) is 4.39 Å². The van der Waals surface area contributed by atoms with Crippen molar-refractivity contribution in [1.82, 2.24) is 0 Å². The predicted octanol–water partition coefficient (Wildman–Crippen LogP) is 3.76. The zero-order chi connectivity index (χ0) is 10.6. The summed E-state index contributed by atoms with van der Waals surface area (Å²) in [7, 11) is 0. The summed E-state index contributed by atoms with van der Waals surface area (Å²) in [6, 6.07) is 5.61. The van der Waals surface area contributed by atoms with Crippen LogP contribution in [-0.4, -0.2) is 13.3 Å². The number of alkyl halides is 1. The Hall–Kier alpha value is -0.570. The smallest absolute Gasteiger partial charge is 0.123 e. The van der Waals surface area contributed by atoms with E-state index in [0.717, 1.165) is 15.8 Å². The van der Waals surface area contributed by atoms with Crippen LogP contribution in [0.25, 0.3) is 0 Å². The highest BCUT2D eigenvalue weighted by molar-refractivity contribution is 9.10.